The minimum atomic E-state index is -0.595. The van der Waals surface area contributed by atoms with Gasteiger partial charge in [0.1, 0.15) is 11.4 Å². The third-order valence-corrected chi connectivity index (χ3v) is 3.76. The summed E-state index contributed by atoms with van der Waals surface area (Å²) in [4.78, 5) is 36.6. The molecule has 8 heteroatoms. The van der Waals surface area contributed by atoms with E-state index in [9.17, 15) is 9.59 Å². The molecule has 0 spiro atoms. The number of anilines is 1. The van der Waals surface area contributed by atoms with Crippen molar-refractivity contribution in [2.45, 2.75) is 40.2 Å². The Balaban J connectivity index is 0.000000735. The lowest BCUT2D eigenvalue weighted by molar-refractivity contribution is 0.0636. The number of amides is 1. The highest BCUT2D eigenvalue weighted by Gasteiger charge is 2.16. The highest BCUT2D eigenvalue weighted by Crippen LogP contribution is 2.18. The van der Waals surface area contributed by atoms with Gasteiger partial charge in [-0.1, -0.05) is 6.07 Å². The number of aromatic nitrogens is 3. The van der Waals surface area contributed by atoms with E-state index in [0.717, 1.165) is 5.39 Å². The van der Waals surface area contributed by atoms with Gasteiger partial charge in [0.2, 0.25) is 0 Å². The number of benzene rings is 1. The van der Waals surface area contributed by atoms with Crippen LogP contribution in [0.3, 0.4) is 0 Å². The highest BCUT2D eigenvalue weighted by atomic mass is 16.6. The Labute approximate surface area is 175 Å². The van der Waals surface area contributed by atoms with Gasteiger partial charge < -0.3 is 9.73 Å². The maximum atomic E-state index is 12.5. The summed E-state index contributed by atoms with van der Waals surface area (Å²) in [5.74, 6) is 0.569. The molecule has 0 radical (unpaired) electrons. The normalized spacial score (nSPS) is 11.1. The van der Waals surface area contributed by atoms with Crippen LogP contribution in [0.5, 0.6) is 0 Å². The van der Waals surface area contributed by atoms with Crippen molar-refractivity contribution < 1.29 is 9.53 Å². The molecule has 0 aliphatic rings. The van der Waals surface area contributed by atoms with E-state index in [1.54, 1.807) is 77.5 Å². The number of rotatable bonds is 2. The predicted octanol–water partition coefficient (Wildman–Crippen LogP) is 4.14. The minimum absolute atomic E-state index is 0.218. The first-order chi connectivity index (χ1) is 14.1. The number of nitrogens with zero attached hydrogens (tertiary/aromatic N) is 4. The molecule has 1 aromatic carbocycles. The van der Waals surface area contributed by atoms with E-state index in [1.807, 2.05) is 6.92 Å². The quantitative estimate of drug-likeness (QED) is 0.641. The van der Waals surface area contributed by atoms with Gasteiger partial charge in [0.05, 0.1) is 5.69 Å². The van der Waals surface area contributed by atoms with Gasteiger partial charge in [0.15, 0.2) is 5.65 Å². The Kier molecular flexibility index (Phi) is 7.41. The van der Waals surface area contributed by atoms with Crippen LogP contribution in [0, 0.1) is 6.92 Å². The Morgan fingerprint density at radius 1 is 1.23 bits per heavy atom. The first-order valence-electron chi connectivity index (χ1n) is 9.47. The van der Waals surface area contributed by atoms with Crippen molar-refractivity contribution in [3.63, 3.8) is 0 Å². The van der Waals surface area contributed by atoms with Gasteiger partial charge in [-0.2, -0.15) is 0 Å². The third kappa shape index (κ3) is 6.23. The summed E-state index contributed by atoms with van der Waals surface area (Å²) < 4.78 is 6.75. The number of ether oxygens (including phenoxy) is 1. The number of hydrogen-bond donors (Lipinski definition) is 1. The Hall–Kier alpha value is -3.55. The fraction of sp³-hybridized carbons (Fsp3) is 0.318. The van der Waals surface area contributed by atoms with E-state index in [1.165, 1.54) is 10.6 Å². The number of hydrogen-bond acceptors (Lipinski definition) is 6. The second kappa shape index (κ2) is 9.78. The molecule has 1 N–H and O–H groups in total. The molecule has 30 heavy (non-hydrogen) atoms. The zero-order valence-electron chi connectivity index (χ0n) is 18.1. The van der Waals surface area contributed by atoms with Gasteiger partial charge >= 0.3 is 6.09 Å². The topological polar surface area (TPSA) is 98.5 Å². The monoisotopic (exact) mass is 409 g/mol. The average molecular weight is 409 g/mol. The van der Waals surface area contributed by atoms with Gasteiger partial charge in [0, 0.05) is 30.4 Å². The number of nitrogens with one attached hydrogen (secondary N) is 1. The van der Waals surface area contributed by atoms with Crippen LogP contribution in [-0.4, -0.2) is 39.5 Å². The second-order valence-corrected chi connectivity index (χ2v) is 7.40. The van der Waals surface area contributed by atoms with Crippen LogP contribution in [0.2, 0.25) is 0 Å². The molecule has 0 saturated carbocycles. The van der Waals surface area contributed by atoms with Crippen molar-refractivity contribution in [1.29, 1.82) is 0 Å². The zero-order valence-corrected chi connectivity index (χ0v) is 18.1. The molecule has 0 saturated heterocycles. The van der Waals surface area contributed by atoms with Gasteiger partial charge in [-0.3, -0.25) is 14.7 Å². The summed E-state index contributed by atoms with van der Waals surface area (Å²) in [6.07, 6.45) is 2.87. The second-order valence-electron chi connectivity index (χ2n) is 7.40. The van der Waals surface area contributed by atoms with Crippen molar-refractivity contribution in [3.8, 4) is 5.69 Å². The standard InChI is InChI=1S/C19H20N4O3.C3H7N/c1-12-20-11-13-8-9-16(24)23(17(13)21-12)15-7-5-6-14(10-15)22-18(25)26-19(2,3)4;1-3-4-2/h5-11H,1-4H3,(H,22,25);3H,1-2H3. The van der Waals surface area contributed by atoms with E-state index in [4.69, 9.17) is 4.74 Å². The Bertz CT molecular complexity index is 1110. The average Bonchev–Trinajstić information content (AvgIpc) is 2.66. The third-order valence-electron chi connectivity index (χ3n) is 3.76. The van der Waals surface area contributed by atoms with Gasteiger partial charge in [-0.05, 0) is 65.1 Å². The van der Waals surface area contributed by atoms with E-state index < -0.39 is 11.7 Å². The summed E-state index contributed by atoms with van der Waals surface area (Å²) in [7, 11) is 1.75. The lowest BCUT2D eigenvalue weighted by Gasteiger charge is -2.20. The molecule has 0 aliphatic carbocycles. The van der Waals surface area contributed by atoms with Crippen molar-refractivity contribution in [3.05, 3.63) is 58.8 Å². The molecule has 158 valence electrons. The number of fused-ring (bicyclic) bond motifs is 1. The smallest absolute Gasteiger partial charge is 0.412 e. The number of aryl methyl sites for hydroxylation is 1. The molecule has 0 atom stereocenters. The minimum Gasteiger partial charge on any atom is -0.444 e. The van der Waals surface area contributed by atoms with Crippen LogP contribution in [0.1, 0.15) is 33.5 Å². The van der Waals surface area contributed by atoms with Gasteiger partial charge in [-0.15, -0.1) is 0 Å². The summed E-state index contributed by atoms with van der Waals surface area (Å²) >= 11 is 0. The first kappa shape index (κ1) is 22.7. The molecular formula is C22H27N5O3. The molecular weight excluding hydrogens is 382 g/mol. The Morgan fingerprint density at radius 3 is 2.57 bits per heavy atom. The van der Waals surface area contributed by atoms with Crippen molar-refractivity contribution >= 4 is 29.0 Å². The number of carbonyl (C=O) groups excluding carboxylic acids is 1. The van der Waals surface area contributed by atoms with Crippen LogP contribution < -0.4 is 10.9 Å². The van der Waals surface area contributed by atoms with Crippen LogP contribution in [-0.2, 0) is 4.74 Å². The molecule has 3 rings (SSSR count). The number of pyridine rings is 1. The predicted molar refractivity (Wildman–Crippen MR) is 120 cm³/mol. The molecule has 2 heterocycles. The van der Waals surface area contributed by atoms with Crippen LogP contribution >= 0.6 is 0 Å². The van der Waals surface area contributed by atoms with E-state index in [2.05, 4.69) is 20.3 Å². The maximum Gasteiger partial charge on any atom is 0.412 e. The fourth-order valence-electron chi connectivity index (χ4n) is 2.50. The summed E-state index contributed by atoms with van der Waals surface area (Å²) in [5.41, 5.74) is 0.811. The summed E-state index contributed by atoms with van der Waals surface area (Å²) in [5, 5.41) is 3.43. The van der Waals surface area contributed by atoms with E-state index in [0.29, 0.717) is 22.8 Å². The molecule has 0 fully saturated rings. The van der Waals surface area contributed by atoms with Crippen LogP contribution in [0.4, 0.5) is 10.5 Å². The summed E-state index contributed by atoms with van der Waals surface area (Å²) in [6.45, 7) is 9.03. The van der Waals surface area contributed by atoms with E-state index >= 15 is 0 Å². The Morgan fingerprint density at radius 2 is 1.93 bits per heavy atom. The molecule has 8 nitrogen and oxygen atoms in total. The van der Waals surface area contributed by atoms with Crippen LogP contribution in [0.15, 0.2) is 52.4 Å². The molecule has 0 bridgehead atoms. The van der Waals surface area contributed by atoms with Crippen LogP contribution in [0.25, 0.3) is 16.7 Å². The van der Waals surface area contributed by atoms with E-state index in [-0.39, 0.29) is 5.56 Å². The SMILES string of the molecule is CC=NC.Cc1ncc2ccc(=O)n(-c3cccc(NC(=O)OC(C)(C)C)c3)c2n1. The highest BCUT2D eigenvalue weighted by molar-refractivity contribution is 5.85. The largest absolute Gasteiger partial charge is 0.444 e. The van der Waals surface area contributed by atoms with Crippen molar-refractivity contribution in [2.75, 3.05) is 12.4 Å². The number of aliphatic imine (C=N–C) groups is 1. The number of carbonyl (C=O) groups is 1. The lowest BCUT2D eigenvalue weighted by Crippen LogP contribution is -2.27. The molecule has 0 aliphatic heterocycles. The van der Waals surface area contributed by atoms with Gasteiger partial charge in [-0.25, -0.2) is 14.8 Å². The molecule has 0 unspecified atom stereocenters. The van der Waals surface area contributed by atoms with Gasteiger partial charge in [0.25, 0.3) is 5.56 Å². The maximum absolute atomic E-state index is 12.5. The molecule has 2 aromatic heterocycles. The molecule has 3 aromatic rings. The summed E-state index contributed by atoms with van der Waals surface area (Å²) in [6, 6.07) is 10.1. The first-order valence-corrected chi connectivity index (χ1v) is 9.47. The molecule has 1 amide bonds. The fourth-order valence-corrected chi connectivity index (χ4v) is 2.50. The zero-order chi connectivity index (χ0) is 22.3. The lowest BCUT2D eigenvalue weighted by atomic mass is 10.2. The van der Waals surface area contributed by atoms with Crippen molar-refractivity contribution in [1.82, 2.24) is 14.5 Å². The van der Waals surface area contributed by atoms with Crippen molar-refractivity contribution in [2.24, 2.45) is 4.99 Å².